The Bertz CT molecular complexity index is 1730. The highest BCUT2D eigenvalue weighted by Crippen LogP contribution is 2.45. The Morgan fingerprint density at radius 3 is 2.70 bits per heavy atom. The molecule has 3 heterocycles. The molecule has 6 rings (SSSR count). The number of hydrogen-bond acceptors (Lipinski definition) is 10. The molecule has 0 bridgehead atoms. The molecular formula is C31H26ClN3O6S2. The number of nitrogens with zero attached hydrogens (tertiary/aromatic N) is 3. The maximum absolute atomic E-state index is 13.6. The summed E-state index contributed by atoms with van der Waals surface area (Å²) in [6.45, 7) is 3.28. The molecule has 220 valence electrons. The standard InChI is InChI=1S/C31H26ClN3O6S2/c1-2-12-39-21-8-5-7-18(15-21)26-25(27(36)19-10-11-23-24(16-19)41-14-13-40-23)28(37)29(38)35(26)30-33-34-31(43-30)42-17-20-6-3-4-9-22(20)32/h3-11,15-16,26,36H,2,12-14,17H2,1H3/t26-/m1/s1. The number of amides is 1. The van der Waals surface area contributed by atoms with Gasteiger partial charge in [0.05, 0.1) is 18.2 Å². The van der Waals surface area contributed by atoms with Crippen LogP contribution in [-0.4, -0.2) is 46.8 Å². The van der Waals surface area contributed by atoms with Crippen LogP contribution in [0.1, 0.15) is 36.1 Å². The molecule has 1 saturated heterocycles. The van der Waals surface area contributed by atoms with Gasteiger partial charge in [0, 0.05) is 16.3 Å². The molecule has 0 saturated carbocycles. The molecule has 0 spiro atoms. The molecule has 1 fully saturated rings. The maximum atomic E-state index is 13.6. The zero-order valence-electron chi connectivity index (χ0n) is 23.0. The molecule has 1 atom stereocenters. The van der Waals surface area contributed by atoms with E-state index in [-0.39, 0.29) is 16.5 Å². The van der Waals surface area contributed by atoms with E-state index in [1.54, 1.807) is 42.5 Å². The minimum absolute atomic E-state index is 0.0743. The van der Waals surface area contributed by atoms with Gasteiger partial charge in [-0.15, -0.1) is 10.2 Å². The second kappa shape index (κ2) is 12.7. The predicted molar refractivity (Wildman–Crippen MR) is 165 cm³/mol. The Balaban J connectivity index is 1.40. The summed E-state index contributed by atoms with van der Waals surface area (Å²) in [6.07, 6.45) is 0.812. The number of anilines is 1. The molecule has 2 aliphatic rings. The summed E-state index contributed by atoms with van der Waals surface area (Å²) in [5, 5.41) is 21.0. The Labute approximate surface area is 261 Å². The third kappa shape index (κ3) is 5.93. The van der Waals surface area contributed by atoms with E-state index in [2.05, 4.69) is 10.2 Å². The second-order valence-corrected chi connectivity index (χ2v) is 12.3. The van der Waals surface area contributed by atoms with Gasteiger partial charge in [0.15, 0.2) is 15.8 Å². The van der Waals surface area contributed by atoms with Crippen molar-refractivity contribution in [2.75, 3.05) is 24.7 Å². The van der Waals surface area contributed by atoms with E-state index in [1.807, 2.05) is 31.2 Å². The van der Waals surface area contributed by atoms with Crippen LogP contribution in [0.3, 0.4) is 0 Å². The number of Topliss-reactive ketones (excluding diaryl/α,β-unsaturated/α-hetero) is 1. The number of ketones is 1. The van der Waals surface area contributed by atoms with Crippen LogP contribution in [0.25, 0.3) is 5.76 Å². The van der Waals surface area contributed by atoms with Gasteiger partial charge >= 0.3 is 5.91 Å². The molecule has 12 heteroatoms. The van der Waals surface area contributed by atoms with E-state index in [4.69, 9.17) is 25.8 Å². The zero-order chi connectivity index (χ0) is 29.9. The minimum Gasteiger partial charge on any atom is -0.507 e. The van der Waals surface area contributed by atoms with E-state index < -0.39 is 17.7 Å². The van der Waals surface area contributed by atoms with Crippen LogP contribution in [0.15, 0.2) is 76.6 Å². The van der Waals surface area contributed by atoms with Gasteiger partial charge in [0.25, 0.3) is 5.78 Å². The van der Waals surface area contributed by atoms with Crippen LogP contribution < -0.4 is 19.1 Å². The molecular weight excluding hydrogens is 610 g/mol. The quantitative estimate of drug-likeness (QED) is 0.0708. The number of hydrogen-bond donors (Lipinski definition) is 1. The van der Waals surface area contributed by atoms with Gasteiger partial charge in [-0.3, -0.25) is 14.5 Å². The monoisotopic (exact) mass is 635 g/mol. The first-order chi connectivity index (χ1) is 20.9. The number of fused-ring (bicyclic) bond motifs is 1. The first-order valence-electron chi connectivity index (χ1n) is 13.6. The topological polar surface area (TPSA) is 111 Å². The van der Waals surface area contributed by atoms with Gasteiger partial charge in [0.1, 0.15) is 24.7 Å². The third-order valence-electron chi connectivity index (χ3n) is 6.82. The van der Waals surface area contributed by atoms with Crippen LogP contribution in [-0.2, 0) is 15.3 Å². The predicted octanol–water partition coefficient (Wildman–Crippen LogP) is 6.67. The fraction of sp³-hybridized carbons (Fsp3) is 0.226. The molecule has 1 aromatic heterocycles. The zero-order valence-corrected chi connectivity index (χ0v) is 25.4. The first kappa shape index (κ1) is 29.0. The molecule has 4 aromatic rings. The van der Waals surface area contributed by atoms with Gasteiger partial charge in [-0.05, 0) is 53.9 Å². The fourth-order valence-corrected chi connectivity index (χ4v) is 6.95. The van der Waals surface area contributed by atoms with Crippen LogP contribution in [0.2, 0.25) is 5.02 Å². The van der Waals surface area contributed by atoms with Crippen LogP contribution in [0.5, 0.6) is 17.2 Å². The summed E-state index contributed by atoms with van der Waals surface area (Å²) in [5.74, 6) is 0.132. The minimum atomic E-state index is -0.979. The van der Waals surface area contributed by atoms with E-state index in [0.29, 0.717) is 63.3 Å². The summed E-state index contributed by atoms with van der Waals surface area (Å²) >= 11 is 8.92. The number of carbonyl (C=O) groups is 2. The van der Waals surface area contributed by atoms with E-state index in [1.165, 1.54) is 28.0 Å². The Kier molecular flexibility index (Phi) is 8.55. The normalized spacial score (nSPS) is 17.3. The number of ether oxygens (including phenoxy) is 3. The van der Waals surface area contributed by atoms with Crippen LogP contribution >= 0.6 is 34.7 Å². The maximum Gasteiger partial charge on any atom is 0.301 e. The molecule has 43 heavy (non-hydrogen) atoms. The third-order valence-corrected chi connectivity index (χ3v) is 9.29. The van der Waals surface area contributed by atoms with Gasteiger partial charge in [-0.2, -0.15) is 0 Å². The summed E-state index contributed by atoms with van der Waals surface area (Å²) in [4.78, 5) is 28.6. The summed E-state index contributed by atoms with van der Waals surface area (Å²) in [6, 6.07) is 18.6. The smallest absolute Gasteiger partial charge is 0.301 e. The highest BCUT2D eigenvalue weighted by atomic mass is 35.5. The number of aromatic nitrogens is 2. The lowest BCUT2D eigenvalue weighted by atomic mass is 9.95. The average Bonchev–Trinajstić information content (AvgIpc) is 3.60. The van der Waals surface area contributed by atoms with E-state index in [0.717, 1.165) is 12.0 Å². The number of carbonyl (C=O) groups excluding carboxylic acids is 2. The SMILES string of the molecule is CCCOc1cccc([C@@H]2C(=C(O)c3ccc4c(c3)OCCO4)C(=O)C(=O)N2c2nnc(SCc3ccccc3Cl)s2)c1. The van der Waals surface area contributed by atoms with Gasteiger partial charge in [-0.25, -0.2) is 0 Å². The summed E-state index contributed by atoms with van der Waals surface area (Å²) in [5.41, 5.74) is 1.76. The van der Waals surface area contributed by atoms with Crippen molar-refractivity contribution >= 4 is 57.3 Å². The van der Waals surface area contributed by atoms with Crippen molar-refractivity contribution < 1.29 is 28.9 Å². The number of aliphatic hydroxyl groups excluding tert-OH is 1. The van der Waals surface area contributed by atoms with E-state index >= 15 is 0 Å². The summed E-state index contributed by atoms with van der Waals surface area (Å²) < 4.78 is 17.7. The van der Waals surface area contributed by atoms with Crippen molar-refractivity contribution in [3.63, 3.8) is 0 Å². The summed E-state index contributed by atoms with van der Waals surface area (Å²) in [7, 11) is 0. The lowest BCUT2D eigenvalue weighted by Crippen LogP contribution is -2.29. The molecule has 3 aromatic carbocycles. The van der Waals surface area contributed by atoms with Crippen molar-refractivity contribution in [1.29, 1.82) is 0 Å². The van der Waals surface area contributed by atoms with Gasteiger partial charge in [-0.1, -0.05) is 72.0 Å². The lowest BCUT2D eigenvalue weighted by molar-refractivity contribution is -0.132. The van der Waals surface area contributed by atoms with Crippen molar-refractivity contribution in [1.82, 2.24) is 10.2 Å². The molecule has 1 N–H and O–H groups in total. The van der Waals surface area contributed by atoms with Gasteiger partial charge < -0.3 is 19.3 Å². The molecule has 0 aliphatic carbocycles. The number of aliphatic hydroxyl groups is 1. The highest BCUT2D eigenvalue weighted by molar-refractivity contribution is 8.00. The van der Waals surface area contributed by atoms with Crippen molar-refractivity contribution in [3.05, 3.63) is 94.0 Å². The number of rotatable bonds is 9. The van der Waals surface area contributed by atoms with Crippen LogP contribution in [0.4, 0.5) is 5.13 Å². The van der Waals surface area contributed by atoms with Gasteiger partial charge in [0.2, 0.25) is 5.13 Å². The van der Waals surface area contributed by atoms with Crippen molar-refractivity contribution in [2.45, 2.75) is 29.5 Å². The highest BCUT2D eigenvalue weighted by Gasteiger charge is 2.48. The van der Waals surface area contributed by atoms with Crippen molar-refractivity contribution in [3.8, 4) is 17.2 Å². The molecule has 2 aliphatic heterocycles. The second-order valence-electron chi connectivity index (χ2n) is 9.68. The number of benzene rings is 3. The number of thioether (sulfide) groups is 1. The molecule has 9 nitrogen and oxygen atoms in total. The molecule has 0 unspecified atom stereocenters. The first-order valence-corrected chi connectivity index (χ1v) is 15.8. The van der Waals surface area contributed by atoms with Crippen LogP contribution in [0, 0.1) is 0 Å². The van der Waals surface area contributed by atoms with Crippen molar-refractivity contribution in [2.24, 2.45) is 0 Å². The average molecular weight is 636 g/mol. The Hall–Kier alpha value is -4.06. The Morgan fingerprint density at radius 1 is 1.07 bits per heavy atom. The molecule has 0 radical (unpaired) electrons. The van der Waals surface area contributed by atoms with E-state index in [9.17, 15) is 14.7 Å². The fourth-order valence-electron chi connectivity index (χ4n) is 4.80. The molecule has 1 amide bonds. The number of halogens is 1. The lowest BCUT2D eigenvalue weighted by Gasteiger charge is -2.23. The Morgan fingerprint density at radius 2 is 1.88 bits per heavy atom. The largest absolute Gasteiger partial charge is 0.507 e.